The predicted octanol–water partition coefficient (Wildman–Crippen LogP) is 2.05. The van der Waals surface area contributed by atoms with Gasteiger partial charge in [-0.3, -0.25) is 0 Å². The van der Waals surface area contributed by atoms with Crippen LogP contribution in [-0.4, -0.2) is 19.0 Å². The zero-order chi connectivity index (χ0) is 10.1. The van der Waals surface area contributed by atoms with E-state index >= 15 is 0 Å². The zero-order valence-electron chi connectivity index (χ0n) is 7.68. The van der Waals surface area contributed by atoms with E-state index in [4.69, 9.17) is 4.74 Å². The minimum atomic E-state index is -0.622. The fraction of sp³-hybridized carbons (Fsp3) is 0.300. The SMILES string of the molecule is Cc1cc(F)cc(F)c1C1=NCCO1. The van der Waals surface area contributed by atoms with Crippen LogP contribution in [0.15, 0.2) is 17.1 Å². The number of rotatable bonds is 1. The molecule has 0 atom stereocenters. The first-order valence-corrected chi connectivity index (χ1v) is 4.32. The van der Waals surface area contributed by atoms with Gasteiger partial charge in [0.2, 0.25) is 5.90 Å². The molecule has 1 aromatic carbocycles. The maximum absolute atomic E-state index is 13.4. The van der Waals surface area contributed by atoms with Crippen LogP contribution in [0.25, 0.3) is 0 Å². The summed E-state index contributed by atoms with van der Waals surface area (Å²) in [6.07, 6.45) is 0. The summed E-state index contributed by atoms with van der Waals surface area (Å²) in [5, 5.41) is 0. The molecule has 0 aromatic heterocycles. The lowest BCUT2D eigenvalue weighted by molar-refractivity contribution is 0.346. The lowest BCUT2D eigenvalue weighted by Crippen LogP contribution is -2.07. The van der Waals surface area contributed by atoms with Crippen molar-refractivity contribution in [2.75, 3.05) is 13.2 Å². The van der Waals surface area contributed by atoms with Crippen molar-refractivity contribution in [3.63, 3.8) is 0 Å². The molecule has 0 unspecified atom stereocenters. The Morgan fingerprint density at radius 1 is 1.36 bits per heavy atom. The molecular weight excluding hydrogens is 188 g/mol. The zero-order valence-corrected chi connectivity index (χ0v) is 7.68. The van der Waals surface area contributed by atoms with Crippen molar-refractivity contribution in [1.82, 2.24) is 0 Å². The molecule has 4 heteroatoms. The van der Waals surface area contributed by atoms with Crippen LogP contribution in [0.4, 0.5) is 8.78 Å². The number of halogens is 2. The average molecular weight is 197 g/mol. The number of ether oxygens (including phenoxy) is 1. The molecule has 2 rings (SSSR count). The fourth-order valence-corrected chi connectivity index (χ4v) is 1.46. The second-order valence-electron chi connectivity index (χ2n) is 3.11. The molecule has 0 saturated heterocycles. The maximum atomic E-state index is 13.4. The van der Waals surface area contributed by atoms with Gasteiger partial charge >= 0.3 is 0 Å². The summed E-state index contributed by atoms with van der Waals surface area (Å²) in [4.78, 5) is 3.99. The minimum Gasteiger partial charge on any atom is -0.475 e. The number of hydrogen-bond donors (Lipinski definition) is 0. The van der Waals surface area contributed by atoms with Crippen LogP contribution < -0.4 is 0 Å². The highest BCUT2D eigenvalue weighted by Crippen LogP contribution is 2.18. The molecule has 0 spiro atoms. The summed E-state index contributed by atoms with van der Waals surface area (Å²) < 4.78 is 31.3. The van der Waals surface area contributed by atoms with Crippen molar-refractivity contribution in [3.8, 4) is 0 Å². The Labute approximate surface area is 80.2 Å². The Hall–Kier alpha value is -1.45. The fourth-order valence-electron chi connectivity index (χ4n) is 1.46. The molecule has 0 amide bonds. The van der Waals surface area contributed by atoms with Gasteiger partial charge in [-0.15, -0.1) is 0 Å². The normalized spacial score (nSPS) is 15.2. The van der Waals surface area contributed by atoms with E-state index in [1.54, 1.807) is 6.92 Å². The van der Waals surface area contributed by atoms with E-state index < -0.39 is 11.6 Å². The summed E-state index contributed by atoms with van der Waals surface area (Å²) in [6.45, 7) is 2.63. The molecule has 1 aromatic rings. The summed E-state index contributed by atoms with van der Waals surface area (Å²) in [5.41, 5.74) is 0.770. The van der Waals surface area contributed by atoms with Gasteiger partial charge in [0.15, 0.2) is 0 Å². The van der Waals surface area contributed by atoms with Gasteiger partial charge in [-0.25, -0.2) is 13.8 Å². The molecular formula is C10H9F2NO. The van der Waals surface area contributed by atoms with E-state index in [9.17, 15) is 8.78 Å². The first-order chi connectivity index (χ1) is 6.68. The average Bonchev–Trinajstić information content (AvgIpc) is 2.54. The Balaban J connectivity index is 2.52. The predicted molar refractivity (Wildman–Crippen MR) is 48.5 cm³/mol. The molecule has 0 radical (unpaired) electrons. The molecule has 1 heterocycles. The summed E-state index contributed by atoms with van der Waals surface area (Å²) in [7, 11) is 0. The van der Waals surface area contributed by atoms with Crippen LogP contribution >= 0.6 is 0 Å². The van der Waals surface area contributed by atoms with Crippen LogP contribution in [0, 0.1) is 18.6 Å². The van der Waals surface area contributed by atoms with E-state index in [0.717, 1.165) is 6.07 Å². The van der Waals surface area contributed by atoms with Crippen LogP contribution in [0.5, 0.6) is 0 Å². The third-order valence-electron chi connectivity index (χ3n) is 2.05. The maximum Gasteiger partial charge on any atom is 0.219 e. The van der Waals surface area contributed by atoms with Crippen molar-refractivity contribution in [2.24, 2.45) is 4.99 Å². The van der Waals surface area contributed by atoms with Gasteiger partial charge in [0.1, 0.15) is 18.2 Å². The lowest BCUT2D eigenvalue weighted by Gasteiger charge is -2.06. The smallest absolute Gasteiger partial charge is 0.219 e. The van der Waals surface area contributed by atoms with Crippen LogP contribution in [-0.2, 0) is 4.74 Å². The molecule has 1 aliphatic heterocycles. The molecule has 0 aliphatic carbocycles. The van der Waals surface area contributed by atoms with Gasteiger partial charge < -0.3 is 4.74 Å². The molecule has 0 bridgehead atoms. The van der Waals surface area contributed by atoms with E-state index in [1.165, 1.54) is 6.07 Å². The largest absolute Gasteiger partial charge is 0.475 e. The molecule has 1 aliphatic rings. The quantitative estimate of drug-likeness (QED) is 0.675. The first kappa shape index (κ1) is 9.12. The first-order valence-electron chi connectivity index (χ1n) is 4.32. The highest BCUT2D eigenvalue weighted by atomic mass is 19.1. The highest BCUT2D eigenvalue weighted by Gasteiger charge is 2.18. The van der Waals surface area contributed by atoms with Gasteiger partial charge in [-0.2, -0.15) is 0 Å². The van der Waals surface area contributed by atoms with Crippen LogP contribution in [0.2, 0.25) is 0 Å². The van der Waals surface area contributed by atoms with Gasteiger partial charge in [-0.1, -0.05) is 0 Å². The Morgan fingerprint density at radius 3 is 2.71 bits per heavy atom. The molecule has 14 heavy (non-hydrogen) atoms. The van der Waals surface area contributed by atoms with Crippen LogP contribution in [0.1, 0.15) is 11.1 Å². The minimum absolute atomic E-state index is 0.268. The summed E-state index contributed by atoms with van der Waals surface area (Å²) in [6, 6.07) is 2.11. The van der Waals surface area contributed by atoms with Crippen LogP contribution in [0.3, 0.4) is 0 Å². The van der Waals surface area contributed by atoms with E-state index in [0.29, 0.717) is 18.7 Å². The Morgan fingerprint density at radius 2 is 2.14 bits per heavy atom. The van der Waals surface area contributed by atoms with Gasteiger partial charge in [0.05, 0.1) is 12.1 Å². The van der Waals surface area contributed by atoms with Gasteiger partial charge in [0, 0.05) is 6.07 Å². The summed E-state index contributed by atoms with van der Waals surface area (Å²) in [5.74, 6) is -0.925. The lowest BCUT2D eigenvalue weighted by atomic mass is 10.1. The van der Waals surface area contributed by atoms with Crippen molar-refractivity contribution in [3.05, 3.63) is 34.9 Å². The summed E-state index contributed by atoms with van der Waals surface area (Å²) >= 11 is 0. The number of aliphatic imine (C=N–C) groups is 1. The monoisotopic (exact) mass is 197 g/mol. The molecule has 0 fully saturated rings. The van der Waals surface area contributed by atoms with Crippen molar-refractivity contribution >= 4 is 5.90 Å². The van der Waals surface area contributed by atoms with Crippen molar-refractivity contribution in [1.29, 1.82) is 0 Å². The molecule has 2 nitrogen and oxygen atoms in total. The topological polar surface area (TPSA) is 21.6 Å². The molecule has 74 valence electrons. The third kappa shape index (κ3) is 1.47. The van der Waals surface area contributed by atoms with E-state index in [2.05, 4.69) is 4.99 Å². The standard InChI is InChI=1S/C10H9F2NO/c1-6-4-7(11)5-8(12)9(6)10-13-2-3-14-10/h4-5H,2-3H2,1H3. The number of benzene rings is 1. The second-order valence-corrected chi connectivity index (χ2v) is 3.11. The van der Waals surface area contributed by atoms with E-state index in [1.807, 2.05) is 0 Å². The van der Waals surface area contributed by atoms with Crippen molar-refractivity contribution < 1.29 is 13.5 Å². The Kier molecular flexibility index (Phi) is 2.19. The molecule has 0 saturated carbocycles. The van der Waals surface area contributed by atoms with Gasteiger partial charge in [0.25, 0.3) is 0 Å². The third-order valence-corrected chi connectivity index (χ3v) is 2.05. The second kappa shape index (κ2) is 3.36. The van der Waals surface area contributed by atoms with Crippen molar-refractivity contribution in [2.45, 2.75) is 6.92 Å². The highest BCUT2D eigenvalue weighted by molar-refractivity contribution is 5.96. The number of aryl methyl sites for hydroxylation is 1. The number of nitrogens with zero attached hydrogens (tertiary/aromatic N) is 1. The van der Waals surface area contributed by atoms with Gasteiger partial charge in [-0.05, 0) is 18.6 Å². The Bertz CT molecular complexity index is 378. The molecule has 0 N–H and O–H groups in total. The van der Waals surface area contributed by atoms with E-state index in [-0.39, 0.29) is 11.5 Å². The number of hydrogen-bond acceptors (Lipinski definition) is 2.